The van der Waals surface area contributed by atoms with Gasteiger partial charge in [0, 0.05) is 11.6 Å². The van der Waals surface area contributed by atoms with Crippen molar-refractivity contribution in [3.05, 3.63) is 101 Å². The van der Waals surface area contributed by atoms with Crippen molar-refractivity contribution < 1.29 is 41.0 Å². The van der Waals surface area contributed by atoms with Crippen LogP contribution in [0.1, 0.15) is 39.6 Å². The largest absolute Gasteiger partial charge is 0.481 e. The molecule has 0 saturated heterocycles. The van der Waals surface area contributed by atoms with Crippen molar-refractivity contribution in [1.82, 2.24) is 10.3 Å². The van der Waals surface area contributed by atoms with E-state index in [1.165, 1.54) is 18.3 Å². The molecule has 0 spiro atoms. The minimum Gasteiger partial charge on any atom is -0.481 e. The molecule has 0 aliphatic heterocycles. The molecule has 0 saturated carbocycles. The number of rotatable bonds is 6. The monoisotopic (exact) mass is 532 g/mol. The Hall–Kier alpha value is -4.41. The summed E-state index contributed by atoms with van der Waals surface area (Å²) in [5.74, 6) is -2.37. The minimum absolute atomic E-state index is 0.115. The number of nitrogens with zero attached hydrogens (tertiary/aromatic N) is 1. The van der Waals surface area contributed by atoms with Gasteiger partial charge in [-0.05, 0) is 46.3 Å². The first-order valence-electron chi connectivity index (χ1n) is 11.1. The van der Waals surface area contributed by atoms with Gasteiger partial charge in [0.2, 0.25) is 0 Å². The molecule has 0 bridgehead atoms. The van der Waals surface area contributed by atoms with Crippen molar-refractivity contribution in [2.45, 2.75) is 24.8 Å². The van der Waals surface area contributed by atoms with Crippen LogP contribution in [0, 0.1) is 0 Å². The highest BCUT2D eigenvalue weighted by molar-refractivity contribution is 5.96. The molecule has 3 aromatic carbocycles. The van der Waals surface area contributed by atoms with Crippen molar-refractivity contribution in [3.63, 3.8) is 0 Å². The number of hydrogen-bond donors (Lipinski definition) is 2. The molecule has 0 aliphatic rings. The average molecular weight is 532 g/mol. The summed E-state index contributed by atoms with van der Waals surface area (Å²) in [6.45, 7) is 0. The van der Waals surface area contributed by atoms with Crippen molar-refractivity contribution in [3.8, 4) is 11.1 Å². The quantitative estimate of drug-likeness (QED) is 0.265. The Balaban J connectivity index is 1.74. The maximum Gasteiger partial charge on any atom is 0.416 e. The van der Waals surface area contributed by atoms with Crippen LogP contribution in [0.25, 0.3) is 21.9 Å². The summed E-state index contributed by atoms with van der Waals surface area (Å²) >= 11 is 0. The van der Waals surface area contributed by atoms with Gasteiger partial charge < -0.3 is 10.4 Å². The highest BCUT2D eigenvalue weighted by atomic mass is 19.4. The molecule has 0 fully saturated rings. The molecule has 0 aliphatic carbocycles. The molecule has 38 heavy (non-hydrogen) atoms. The van der Waals surface area contributed by atoms with Crippen LogP contribution in [0.3, 0.4) is 0 Å². The van der Waals surface area contributed by atoms with Crippen LogP contribution in [0.2, 0.25) is 0 Å². The number of carboxylic acids is 1. The maximum absolute atomic E-state index is 14.1. The first-order valence-corrected chi connectivity index (χ1v) is 11.1. The number of nitrogens with one attached hydrogen (secondary N) is 1. The minimum atomic E-state index is -5.00. The number of amides is 1. The van der Waals surface area contributed by atoms with Gasteiger partial charge in [-0.25, -0.2) is 0 Å². The smallest absolute Gasteiger partial charge is 0.416 e. The van der Waals surface area contributed by atoms with Crippen LogP contribution in [-0.2, 0) is 17.1 Å². The molecule has 1 atom stereocenters. The molecular formula is C27H18F6N2O3. The van der Waals surface area contributed by atoms with Crippen LogP contribution < -0.4 is 5.32 Å². The Bertz CT molecular complexity index is 1510. The number of hydrogen-bond acceptors (Lipinski definition) is 3. The Labute approximate surface area is 211 Å². The van der Waals surface area contributed by atoms with Gasteiger partial charge >= 0.3 is 18.3 Å². The number of aromatic nitrogens is 1. The Morgan fingerprint density at radius 3 is 2.16 bits per heavy atom. The number of alkyl halides is 6. The second kappa shape index (κ2) is 10.2. The van der Waals surface area contributed by atoms with E-state index in [1.54, 1.807) is 24.3 Å². The lowest BCUT2D eigenvalue weighted by molar-refractivity contribution is -0.140. The predicted molar refractivity (Wildman–Crippen MR) is 126 cm³/mol. The normalized spacial score (nSPS) is 12.8. The second-order valence-corrected chi connectivity index (χ2v) is 8.42. The summed E-state index contributed by atoms with van der Waals surface area (Å²) in [5.41, 5.74) is -3.28. The lowest BCUT2D eigenvalue weighted by Gasteiger charge is -2.23. The standard InChI is InChI=1S/C27H18F6N2O3/c28-26(29,30)19-7-3-6-15(10-19)17-8-9-20(21(11-17)27(31,32)33)22(13-24(36)37)35-25(38)23-12-16-4-1-2-5-18(16)14-34-23/h1-12,14,22H,13H2,(H,35,38)(H,36,37). The van der Waals surface area contributed by atoms with Crippen LogP contribution in [0.4, 0.5) is 26.3 Å². The van der Waals surface area contributed by atoms with Gasteiger partial charge in [0.1, 0.15) is 5.69 Å². The summed E-state index contributed by atoms with van der Waals surface area (Å²) in [6, 6.07) is 13.3. The number of fused-ring (bicyclic) bond motifs is 1. The summed E-state index contributed by atoms with van der Waals surface area (Å²) in [6.07, 6.45) is -9.18. The van der Waals surface area contributed by atoms with Crippen LogP contribution in [-0.4, -0.2) is 22.0 Å². The number of carbonyl (C=O) groups is 2. The summed E-state index contributed by atoms with van der Waals surface area (Å²) < 4.78 is 81.6. The maximum atomic E-state index is 14.1. The Morgan fingerprint density at radius 2 is 1.50 bits per heavy atom. The van der Waals surface area contributed by atoms with Gasteiger partial charge in [0.15, 0.2) is 0 Å². The second-order valence-electron chi connectivity index (χ2n) is 8.42. The van der Waals surface area contributed by atoms with Crippen molar-refractivity contribution in [2.24, 2.45) is 0 Å². The van der Waals surface area contributed by atoms with E-state index in [4.69, 9.17) is 0 Å². The molecule has 1 heterocycles. The predicted octanol–water partition coefficient (Wildman–Crippen LogP) is 6.89. The molecule has 2 N–H and O–H groups in total. The van der Waals surface area contributed by atoms with Crippen LogP contribution in [0.15, 0.2) is 79.0 Å². The summed E-state index contributed by atoms with van der Waals surface area (Å²) in [4.78, 5) is 28.4. The van der Waals surface area contributed by atoms with Crippen molar-refractivity contribution >= 4 is 22.6 Å². The lowest BCUT2D eigenvalue weighted by Crippen LogP contribution is -2.32. The fourth-order valence-electron chi connectivity index (χ4n) is 4.01. The van der Waals surface area contributed by atoms with Gasteiger partial charge in [-0.3, -0.25) is 14.6 Å². The molecule has 5 nitrogen and oxygen atoms in total. The van der Waals surface area contributed by atoms with Gasteiger partial charge in [0.05, 0.1) is 23.6 Å². The highest BCUT2D eigenvalue weighted by Crippen LogP contribution is 2.39. The third kappa shape index (κ3) is 5.93. The van der Waals surface area contributed by atoms with E-state index in [0.717, 1.165) is 35.7 Å². The van der Waals surface area contributed by atoms with E-state index in [0.29, 0.717) is 11.5 Å². The number of carboxylic acid groups (broad SMARTS) is 1. The number of pyridine rings is 1. The van der Waals surface area contributed by atoms with Crippen molar-refractivity contribution in [1.29, 1.82) is 0 Å². The third-order valence-corrected chi connectivity index (χ3v) is 5.81. The molecule has 1 amide bonds. The van der Waals surface area contributed by atoms with E-state index in [9.17, 15) is 41.0 Å². The van der Waals surface area contributed by atoms with Gasteiger partial charge in [-0.2, -0.15) is 26.3 Å². The molecule has 4 aromatic rings. The molecule has 11 heteroatoms. The SMILES string of the molecule is O=C(O)CC(NC(=O)c1cc2ccccc2cn1)c1ccc(-c2cccc(C(F)(F)F)c2)cc1C(F)(F)F. The van der Waals surface area contributed by atoms with E-state index in [2.05, 4.69) is 10.3 Å². The first-order chi connectivity index (χ1) is 17.8. The zero-order chi connectivity index (χ0) is 27.7. The lowest BCUT2D eigenvalue weighted by atomic mass is 9.92. The first kappa shape index (κ1) is 26.6. The summed E-state index contributed by atoms with van der Waals surface area (Å²) in [5, 5.41) is 13.0. The molecule has 4 rings (SSSR count). The zero-order valence-electron chi connectivity index (χ0n) is 19.3. The third-order valence-electron chi connectivity index (χ3n) is 5.81. The van der Waals surface area contributed by atoms with Gasteiger partial charge in [-0.15, -0.1) is 0 Å². The Kier molecular flexibility index (Phi) is 7.12. The van der Waals surface area contributed by atoms with E-state index in [-0.39, 0.29) is 16.8 Å². The van der Waals surface area contributed by atoms with Crippen LogP contribution in [0.5, 0.6) is 0 Å². The Morgan fingerprint density at radius 1 is 0.816 bits per heavy atom. The average Bonchev–Trinajstić information content (AvgIpc) is 2.86. The fraction of sp³-hybridized carbons (Fsp3) is 0.148. The number of halogens is 6. The number of benzene rings is 3. The molecular weight excluding hydrogens is 514 g/mol. The fourth-order valence-corrected chi connectivity index (χ4v) is 4.01. The molecule has 1 aromatic heterocycles. The van der Waals surface area contributed by atoms with E-state index in [1.807, 2.05) is 0 Å². The molecule has 1 unspecified atom stereocenters. The molecule has 0 radical (unpaired) electrons. The van der Waals surface area contributed by atoms with Crippen LogP contribution >= 0.6 is 0 Å². The number of carbonyl (C=O) groups excluding carboxylic acids is 1. The number of aliphatic carboxylic acids is 1. The molecule has 196 valence electrons. The van der Waals surface area contributed by atoms with Crippen molar-refractivity contribution in [2.75, 3.05) is 0 Å². The van der Waals surface area contributed by atoms with E-state index >= 15 is 0 Å². The van der Waals surface area contributed by atoms with E-state index < -0.39 is 53.4 Å². The van der Waals surface area contributed by atoms with Gasteiger partial charge in [0.25, 0.3) is 5.91 Å². The van der Waals surface area contributed by atoms with Gasteiger partial charge in [-0.1, -0.05) is 48.5 Å². The summed E-state index contributed by atoms with van der Waals surface area (Å²) in [7, 11) is 0. The topological polar surface area (TPSA) is 79.3 Å². The highest BCUT2D eigenvalue weighted by Gasteiger charge is 2.37. The zero-order valence-corrected chi connectivity index (χ0v) is 19.3.